The first-order chi connectivity index (χ1) is 9.21. The van der Waals surface area contributed by atoms with Crippen molar-refractivity contribution in [3.8, 4) is 0 Å². The van der Waals surface area contributed by atoms with Gasteiger partial charge in [0.2, 0.25) is 0 Å². The molecule has 0 saturated carbocycles. The number of nitrogens with zero attached hydrogens (tertiary/aromatic N) is 1. The first-order valence-electron chi connectivity index (χ1n) is 7.72. The Balaban J connectivity index is 2.45. The summed E-state index contributed by atoms with van der Waals surface area (Å²) < 4.78 is 0. The van der Waals surface area contributed by atoms with Gasteiger partial charge >= 0.3 is 0 Å². The molecule has 0 aliphatic heterocycles. The van der Waals surface area contributed by atoms with Gasteiger partial charge in [0.15, 0.2) is 0 Å². The third-order valence-corrected chi connectivity index (χ3v) is 3.94. The van der Waals surface area contributed by atoms with E-state index < -0.39 is 0 Å². The van der Waals surface area contributed by atoms with E-state index in [-0.39, 0.29) is 0 Å². The number of nitrogens with two attached hydrogens (primary N) is 1. The summed E-state index contributed by atoms with van der Waals surface area (Å²) >= 11 is 0. The molecule has 1 atom stereocenters. The minimum atomic E-state index is 0.807. The van der Waals surface area contributed by atoms with Crippen molar-refractivity contribution in [3.63, 3.8) is 0 Å². The Morgan fingerprint density at radius 2 is 2.00 bits per heavy atom. The quantitative estimate of drug-likeness (QED) is 0.729. The number of benzene rings is 1. The van der Waals surface area contributed by atoms with Crippen molar-refractivity contribution in [2.75, 3.05) is 24.5 Å². The van der Waals surface area contributed by atoms with E-state index in [0.29, 0.717) is 0 Å². The van der Waals surface area contributed by atoms with Crippen molar-refractivity contribution in [3.05, 3.63) is 29.8 Å². The van der Waals surface area contributed by atoms with Crippen molar-refractivity contribution in [2.24, 2.45) is 11.7 Å². The smallest absolute Gasteiger partial charge is 0.0368 e. The van der Waals surface area contributed by atoms with Gasteiger partial charge in [0.05, 0.1) is 0 Å². The fourth-order valence-corrected chi connectivity index (χ4v) is 2.65. The summed E-state index contributed by atoms with van der Waals surface area (Å²) in [5.74, 6) is 0.807. The molecule has 1 aromatic carbocycles. The van der Waals surface area contributed by atoms with Gasteiger partial charge in [-0.3, -0.25) is 0 Å². The van der Waals surface area contributed by atoms with Gasteiger partial charge in [-0.25, -0.2) is 0 Å². The van der Waals surface area contributed by atoms with Crippen LogP contribution in [0.5, 0.6) is 0 Å². The zero-order chi connectivity index (χ0) is 14.1. The van der Waals surface area contributed by atoms with Crippen LogP contribution in [0.25, 0.3) is 0 Å². The van der Waals surface area contributed by atoms with Crippen LogP contribution in [0.3, 0.4) is 0 Å². The molecule has 19 heavy (non-hydrogen) atoms. The van der Waals surface area contributed by atoms with Gasteiger partial charge < -0.3 is 10.6 Å². The molecule has 0 radical (unpaired) electrons. The highest BCUT2D eigenvalue weighted by molar-refractivity contribution is 5.48. The van der Waals surface area contributed by atoms with Gasteiger partial charge in [0, 0.05) is 18.8 Å². The summed E-state index contributed by atoms with van der Waals surface area (Å²) in [4.78, 5) is 2.47. The molecule has 2 heteroatoms. The molecule has 1 rings (SSSR count). The summed E-state index contributed by atoms with van der Waals surface area (Å²) in [5.41, 5.74) is 8.35. The van der Waals surface area contributed by atoms with Crippen LogP contribution < -0.4 is 10.6 Å². The molecule has 2 N–H and O–H groups in total. The lowest BCUT2D eigenvalue weighted by Crippen LogP contribution is -2.24. The van der Waals surface area contributed by atoms with Crippen molar-refractivity contribution < 1.29 is 0 Å². The lowest BCUT2D eigenvalue weighted by Gasteiger charge is -2.24. The Morgan fingerprint density at radius 3 is 2.58 bits per heavy atom. The first kappa shape index (κ1) is 16.0. The molecule has 0 bridgehead atoms. The molecular weight excluding hydrogens is 232 g/mol. The van der Waals surface area contributed by atoms with Gasteiger partial charge in [-0.15, -0.1) is 0 Å². The van der Waals surface area contributed by atoms with Gasteiger partial charge in [-0.2, -0.15) is 0 Å². The third kappa shape index (κ3) is 5.65. The fraction of sp³-hybridized carbons (Fsp3) is 0.647. The van der Waals surface area contributed by atoms with Crippen LogP contribution in [0.4, 0.5) is 5.69 Å². The van der Waals surface area contributed by atoms with Crippen LogP contribution in [0.2, 0.25) is 0 Å². The van der Waals surface area contributed by atoms with Crippen molar-refractivity contribution in [1.82, 2.24) is 0 Å². The van der Waals surface area contributed by atoms with Gasteiger partial charge in [-0.05, 0) is 63.3 Å². The second-order valence-electron chi connectivity index (χ2n) is 5.41. The van der Waals surface area contributed by atoms with E-state index in [0.717, 1.165) is 25.6 Å². The highest BCUT2D eigenvalue weighted by Gasteiger charge is 2.08. The lowest BCUT2D eigenvalue weighted by atomic mass is 9.96. The van der Waals surface area contributed by atoms with Crippen LogP contribution in [0.15, 0.2) is 24.3 Å². The van der Waals surface area contributed by atoms with E-state index in [4.69, 9.17) is 5.73 Å². The zero-order valence-corrected chi connectivity index (χ0v) is 12.9. The largest absolute Gasteiger partial charge is 0.372 e. The molecule has 1 unspecified atom stereocenters. The Morgan fingerprint density at radius 1 is 1.21 bits per heavy atom. The molecule has 0 amide bonds. The number of aryl methyl sites for hydroxylation is 1. The standard InChI is InChI=1S/C17H30N2/c1-4-16(11-12-18)9-7-13-19(5-2)17-10-6-8-15(3)14-17/h6,8,10,14,16H,4-5,7,9,11-13,18H2,1-3H3. The maximum absolute atomic E-state index is 5.66. The summed E-state index contributed by atoms with van der Waals surface area (Å²) in [6, 6.07) is 8.80. The SMILES string of the molecule is CCC(CCN)CCCN(CC)c1cccc(C)c1. The maximum atomic E-state index is 5.66. The van der Waals surface area contributed by atoms with Crippen LogP contribution >= 0.6 is 0 Å². The van der Waals surface area contributed by atoms with Gasteiger partial charge in [-0.1, -0.05) is 25.5 Å². The number of hydrogen-bond donors (Lipinski definition) is 1. The first-order valence-corrected chi connectivity index (χ1v) is 7.72. The van der Waals surface area contributed by atoms with E-state index >= 15 is 0 Å². The van der Waals surface area contributed by atoms with Crippen LogP contribution in [-0.2, 0) is 0 Å². The molecule has 108 valence electrons. The predicted molar refractivity (Wildman–Crippen MR) is 85.8 cm³/mol. The molecule has 0 fully saturated rings. The predicted octanol–water partition coefficient (Wildman–Crippen LogP) is 3.98. The maximum Gasteiger partial charge on any atom is 0.0368 e. The van der Waals surface area contributed by atoms with Gasteiger partial charge in [0.25, 0.3) is 0 Å². The van der Waals surface area contributed by atoms with Crippen LogP contribution in [0, 0.1) is 12.8 Å². The number of hydrogen-bond acceptors (Lipinski definition) is 2. The molecule has 0 aliphatic rings. The molecule has 0 aliphatic carbocycles. The molecule has 0 aromatic heterocycles. The Bertz CT molecular complexity index is 349. The van der Waals surface area contributed by atoms with E-state index in [2.05, 4.69) is 49.9 Å². The Hall–Kier alpha value is -1.02. The van der Waals surface area contributed by atoms with E-state index in [9.17, 15) is 0 Å². The van der Waals surface area contributed by atoms with Crippen LogP contribution in [0.1, 0.15) is 45.1 Å². The Labute approximate surface area is 119 Å². The molecule has 0 heterocycles. The minimum absolute atomic E-state index is 0.807. The average molecular weight is 262 g/mol. The molecule has 0 saturated heterocycles. The van der Waals surface area contributed by atoms with Crippen molar-refractivity contribution in [2.45, 2.75) is 46.5 Å². The third-order valence-electron chi connectivity index (χ3n) is 3.94. The van der Waals surface area contributed by atoms with Gasteiger partial charge in [0.1, 0.15) is 0 Å². The molecule has 1 aromatic rings. The van der Waals surface area contributed by atoms with Crippen LogP contribution in [-0.4, -0.2) is 19.6 Å². The average Bonchev–Trinajstić information content (AvgIpc) is 2.42. The normalized spacial score (nSPS) is 12.4. The Kier molecular flexibility index (Phi) is 7.57. The topological polar surface area (TPSA) is 29.3 Å². The number of anilines is 1. The summed E-state index contributed by atoms with van der Waals surface area (Å²) in [5, 5.41) is 0. The monoisotopic (exact) mass is 262 g/mol. The highest BCUT2D eigenvalue weighted by Crippen LogP contribution is 2.19. The highest BCUT2D eigenvalue weighted by atomic mass is 15.1. The van der Waals surface area contributed by atoms with Crippen molar-refractivity contribution in [1.29, 1.82) is 0 Å². The molecular formula is C17H30N2. The molecule has 2 nitrogen and oxygen atoms in total. The number of rotatable bonds is 9. The van der Waals surface area contributed by atoms with E-state index in [1.807, 2.05) is 0 Å². The summed E-state index contributed by atoms with van der Waals surface area (Å²) in [6.07, 6.45) is 5.00. The lowest BCUT2D eigenvalue weighted by molar-refractivity contribution is 0.429. The fourth-order valence-electron chi connectivity index (χ4n) is 2.65. The molecule has 0 spiro atoms. The summed E-state index contributed by atoms with van der Waals surface area (Å²) in [7, 11) is 0. The second kappa shape index (κ2) is 8.98. The minimum Gasteiger partial charge on any atom is -0.372 e. The second-order valence-corrected chi connectivity index (χ2v) is 5.41. The van der Waals surface area contributed by atoms with E-state index in [1.54, 1.807) is 0 Å². The zero-order valence-electron chi connectivity index (χ0n) is 12.9. The van der Waals surface area contributed by atoms with Crippen molar-refractivity contribution >= 4 is 5.69 Å². The van der Waals surface area contributed by atoms with E-state index in [1.165, 1.54) is 36.9 Å². The summed E-state index contributed by atoms with van der Waals surface area (Å²) in [6.45, 7) is 9.73.